The van der Waals surface area contributed by atoms with Gasteiger partial charge in [-0.15, -0.1) is 0 Å². The average Bonchev–Trinajstić information content (AvgIpc) is 3.54. The third-order valence-electron chi connectivity index (χ3n) is 8.86. The van der Waals surface area contributed by atoms with Crippen LogP contribution in [0.25, 0.3) is 5.57 Å². The van der Waals surface area contributed by atoms with Gasteiger partial charge in [-0.2, -0.15) is 0 Å². The van der Waals surface area contributed by atoms with E-state index in [1.54, 1.807) is 0 Å². The normalized spacial score (nSPS) is 27.9. The molecule has 6 nitrogen and oxygen atoms in total. The molecule has 184 valence electrons. The number of aliphatic hydroxyl groups is 1. The van der Waals surface area contributed by atoms with Crippen molar-refractivity contribution in [1.82, 2.24) is 14.8 Å². The largest absolute Gasteiger partial charge is 0.396 e. The van der Waals surface area contributed by atoms with Gasteiger partial charge in [0.1, 0.15) is 0 Å². The van der Waals surface area contributed by atoms with Gasteiger partial charge >= 0.3 is 0 Å². The summed E-state index contributed by atoms with van der Waals surface area (Å²) in [7, 11) is 0. The van der Waals surface area contributed by atoms with Gasteiger partial charge in [-0.05, 0) is 73.9 Å². The molecule has 3 heterocycles. The van der Waals surface area contributed by atoms with E-state index in [1.807, 2.05) is 10.6 Å². The number of rotatable bonds is 5. The average molecular weight is 474 g/mol. The number of fused-ring (bicyclic) bond motifs is 4. The molecule has 0 bridgehead atoms. The molecule has 1 fully saturated rings. The molecule has 4 aliphatic rings. The Labute approximate surface area is 206 Å². The van der Waals surface area contributed by atoms with Crippen LogP contribution in [0.15, 0.2) is 47.3 Å². The molecule has 0 unspecified atom stereocenters. The summed E-state index contributed by atoms with van der Waals surface area (Å²) < 4.78 is 1.92. The smallest absolute Gasteiger partial charge is 0.258 e. The number of benzene rings is 1. The van der Waals surface area contributed by atoms with E-state index in [2.05, 4.69) is 53.5 Å². The molecule has 0 saturated carbocycles. The summed E-state index contributed by atoms with van der Waals surface area (Å²) >= 11 is 0. The molecule has 1 amide bonds. The first-order valence-corrected chi connectivity index (χ1v) is 13.3. The molecule has 1 aromatic heterocycles. The molecule has 2 N–H and O–H groups in total. The van der Waals surface area contributed by atoms with E-state index in [0.29, 0.717) is 13.1 Å². The van der Waals surface area contributed by atoms with E-state index in [0.717, 1.165) is 43.4 Å². The zero-order valence-electron chi connectivity index (χ0n) is 20.5. The number of hydrogen-bond acceptors (Lipinski definition) is 4. The van der Waals surface area contributed by atoms with Crippen molar-refractivity contribution in [2.24, 2.45) is 11.8 Å². The molecule has 2 aliphatic heterocycles. The highest BCUT2D eigenvalue weighted by atomic mass is 16.3. The summed E-state index contributed by atoms with van der Waals surface area (Å²) in [5, 5.41) is 13.8. The molecule has 35 heavy (non-hydrogen) atoms. The Hall–Kier alpha value is -2.70. The van der Waals surface area contributed by atoms with Crippen molar-refractivity contribution in [3.05, 3.63) is 75.2 Å². The maximum atomic E-state index is 13.6. The Bertz CT molecular complexity index is 1210. The van der Waals surface area contributed by atoms with Crippen molar-refractivity contribution >= 4 is 11.5 Å². The number of likely N-dealkylation sites (N-methyl/N-ethyl adjacent to an activating group) is 1. The first-order valence-electron chi connectivity index (χ1n) is 13.3. The van der Waals surface area contributed by atoms with E-state index in [1.165, 1.54) is 23.1 Å². The predicted octanol–water partition coefficient (Wildman–Crippen LogP) is 3.07. The molecule has 1 saturated heterocycles. The van der Waals surface area contributed by atoms with Gasteiger partial charge in [0.05, 0.1) is 12.1 Å². The Kier molecular flexibility index (Phi) is 5.89. The van der Waals surface area contributed by atoms with Gasteiger partial charge in [0.15, 0.2) is 0 Å². The molecule has 0 radical (unpaired) electrons. The SMILES string of the molecule is CCN1[C@@H]2c3ccc(C4=CCCCC4)c(=O)n3C[C@@H]2[C@@H](CO)[C@@H]1C(=O)NC1Cc2ccccc2C1. The molecule has 4 atom stereocenters. The lowest BCUT2D eigenvalue weighted by Crippen LogP contribution is -2.51. The Morgan fingerprint density at radius 3 is 2.54 bits per heavy atom. The van der Waals surface area contributed by atoms with Gasteiger partial charge in [0, 0.05) is 42.3 Å². The minimum atomic E-state index is -0.381. The van der Waals surface area contributed by atoms with Crippen molar-refractivity contribution in [2.45, 2.75) is 70.1 Å². The van der Waals surface area contributed by atoms with E-state index >= 15 is 0 Å². The van der Waals surface area contributed by atoms with Gasteiger partial charge in [-0.25, -0.2) is 0 Å². The van der Waals surface area contributed by atoms with Crippen molar-refractivity contribution in [2.75, 3.05) is 13.2 Å². The summed E-state index contributed by atoms with van der Waals surface area (Å²) in [6, 6.07) is 12.2. The molecule has 0 spiro atoms. The summed E-state index contributed by atoms with van der Waals surface area (Å²) in [4.78, 5) is 29.3. The van der Waals surface area contributed by atoms with Crippen LogP contribution in [-0.2, 0) is 24.2 Å². The number of carbonyl (C=O) groups is 1. The number of carbonyl (C=O) groups excluding carboxylic acids is 1. The molecule has 6 heteroatoms. The Morgan fingerprint density at radius 2 is 1.89 bits per heavy atom. The van der Waals surface area contributed by atoms with E-state index in [4.69, 9.17) is 0 Å². The van der Waals surface area contributed by atoms with Gasteiger partial charge in [-0.3, -0.25) is 14.5 Å². The first-order chi connectivity index (χ1) is 17.1. The maximum absolute atomic E-state index is 13.6. The van der Waals surface area contributed by atoms with Crippen molar-refractivity contribution in [3.63, 3.8) is 0 Å². The topological polar surface area (TPSA) is 74.6 Å². The Morgan fingerprint density at radius 1 is 1.11 bits per heavy atom. The van der Waals surface area contributed by atoms with Gasteiger partial charge in [0.25, 0.3) is 5.56 Å². The standard InChI is InChI=1S/C29H35N3O3/c1-2-31-26-23(16-32-25(26)13-12-22(29(32)35)18-8-4-3-5-9-18)24(17-33)27(31)28(34)30-21-14-19-10-6-7-11-20(19)15-21/h6-8,10-13,21,23-24,26-27,33H,2-5,9,14-17H2,1H3,(H,30,34)/t23-,24-,26+,27-/m1/s1. The highest BCUT2D eigenvalue weighted by Gasteiger charge is 2.55. The number of hydrogen-bond donors (Lipinski definition) is 2. The zero-order chi connectivity index (χ0) is 24.1. The molecule has 1 aromatic carbocycles. The van der Waals surface area contributed by atoms with Crippen LogP contribution >= 0.6 is 0 Å². The highest BCUT2D eigenvalue weighted by molar-refractivity contribution is 5.83. The molecule has 2 aliphatic carbocycles. The first kappa shape index (κ1) is 22.7. The van der Waals surface area contributed by atoms with Crippen LogP contribution < -0.4 is 10.9 Å². The van der Waals surface area contributed by atoms with Gasteiger partial charge in [0.2, 0.25) is 5.91 Å². The number of likely N-dealkylation sites (tertiary alicyclic amines) is 1. The highest BCUT2D eigenvalue weighted by Crippen LogP contribution is 2.49. The number of pyridine rings is 1. The van der Waals surface area contributed by atoms with Crippen molar-refractivity contribution in [3.8, 4) is 0 Å². The number of aliphatic hydroxyl groups excluding tert-OH is 1. The van der Waals surface area contributed by atoms with Crippen LogP contribution in [0.4, 0.5) is 0 Å². The van der Waals surface area contributed by atoms with Crippen LogP contribution in [0, 0.1) is 11.8 Å². The Balaban J connectivity index is 1.27. The van der Waals surface area contributed by atoms with Crippen molar-refractivity contribution < 1.29 is 9.90 Å². The third kappa shape index (κ3) is 3.69. The number of aromatic nitrogens is 1. The summed E-state index contributed by atoms with van der Waals surface area (Å²) in [6.45, 7) is 3.29. The second-order valence-electron chi connectivity index (χ2n) is 10.7. The number of allylic oxidation sites excluding steroid dienone is 2. The summed E-state index contributed by atoms with van der Waals surface area (Å²) in [5.41, 5.74) is 5.70. The molecular formula is C29H35N3O3. The van der Waals surface area contributed by atoms with Crippen LogP contribution in [-0.4, -0.2) is 45.7 Å². The van der Waals surface area contributed by atoms with Crippen LogP contribution in [0.2, 0.25) is 0 Å². The fraction of sp³-hybridized carbons (Fsp3) is 0.517. The fourth-order valence-electron chi connectivity index (χ4n) is 7.26. The molecule has 6 rings (SSSR count). The molecular weight excluding hydrogens is 438 g/mol. The number of nitrogens with zero attached hydrogens (tertiary/aromatic N) is 2. The number of nitrogens with one attached hydrogen (secondary N) is 1. The fourth-order valence-corrected chi connectivity index (χ4v) is 7.26. The zero-order valence-corrected chi connectivity index (χ0v) is 20.5. The second-order valence-corrected chi connectivity index (χ2v) is 10.7. The minimum absolute atomic E-state index is 0.0102. The summed E-state index contributed by atoms with van der Waals surface area (Å²) in [6.07, 6.45) is 8.27. The lowest BCUT2D eigenvalue weighted by Gasteiger charge is -2.30. The monoisotopic (exact) mass is 473 g/mol. The van der Waals surface area contributed by atoms with E-state index in [-0.39, 0.29) is 48.0 Å². The lowest BCUT2D eigenvalue weighted by molar-refractivity contribution is -0.128. The van der Waals surface area contributed by atoms with Crippen molar-refractivity contribution in [1.29, 1.82) is 0 Å². The third-order valence-corrected chi connectivity index (χ3v) is 8.86. The molecule has 2 aromatic rings. The predicted molar refractivity (Wildman–Crippen MR) is 136 cm³/mol. The summed E-state index contributed by atoms with van der Waals surface area (Å²) in [5.74, 6) is -0.129. The van der Waals surface area contributed by atoms with E-state index < -0.39 is 0 Å². The van der Waals surface area contributed by atoms with Crippen LogP contribution in [0.5, 0.6) is 0 Å². The van der Waals surface area contributed by atoms with Crippen LogP contribution in [0.3, 0.4) is 0 Å². The number of amides is 1. The maximum Gasteiger partial charge on any atom is 0.258 e. The quantitative estimate of drug-likeness (QED) is 0.700. The van der Waals surface area contributed by atoms with Gasteiger partial charge < -0.3 is 15.0 Å². The minimum Gasteiger partial charge on any atom is -0.396 e. The van der Waals surface area contributed by atoms with Gasteiger partial charge in [-0.1, -0.05) is 37.3 Å². The lowest BCUT2D eigenvalue weighted by atomic mass is 9.88. The second kappa shape index (κ2) is 9.07. The van der Waals surface area contributed by atoms with E-state index in [9.17, 15) is 14.7 Å². The van der Waals surface area contributed by atoms with Crippen LogP contribution in [0.1, 0.15) is 61.0 Å².